The van der Waals surface area contributed by atoms with E-state index in [0.29, 0.717) is 6.29 Å². The van der Waals surface area contributed by atoms with Crippen molar-refractivity contribution in [3.63, 3.8) is 0 Å². The van der Waals surface area contributed by atoms with Crippen LogP contribution in [0.4, 0.5) is 0 Å². The molecule has 0 spiro atoms. The number of carbonyl (C=O) groups excluding carboxylic acids is 2. The zero-order chi connectivity index (χ0) is 11.5. The minimum absolute atomic E-state index is 0.00312. The summed E-state index contributed by atoms with van der Waals surface area (Å²) in [6, 6.07) is 0. The maximum atomic E-state index is 11.9. The molecule has 0 radical (unpaired) electrons. The molecule has 1 aliphatic carbocycles. The van der Waals surface area contributed by atoms with Crippen LogP contribution < -0.4 is 0 Å². The number of rotatable bonds is 3. The first-order valence-corrected chi connectivity index (χ1v) is 5.31. The van der Waals surface area contributed by atoms with Crippen LogP contribution in [0.2, 0.25) is 0 Å². The maximum Gasteiger partial charge on any atom is 0.163 e. The highest BCUT2D eigenvalue weighted by Crippen LogP contribution is 2.41. The molecule has 1 unspecified atom stereocenters. The van der Waals surface area contributed by atoms with Crippen LogP contribution in [0.5, 0.6) is 0 Å². The molecule has 0 aromatic carbocycles. The fourth-order valence-electron chi connectivity index (χ4n) is 2.39. The lowest BCUT2D eigenvalue weighted by Crippen LogP contribution is -2.33. The molecule has 0 aromatic rings. The standard InChI is InChI=1S/C13H18O2/c1-10-6-4-8-13(2,3)12(10)11(15)7-5-9-14/h5-7,9,12H,4,8H2,1-3H3. The Balaban J connectivity index is 2.93. The van der Waals surface area contributed by atoms with Gasteiger partial charge in [0.05, 0.1) is 0 Å². The lowest BCUT2D eigenvalue weighted by Gasteiger charge is -2.36. The van der Waals surface area contributed by atoms with E-state index in [2.05, 4.69) is 19.9 Å². The molecule has 0 N–H and O–H groups in total. The second kappa shape index (κ2) is 4.56. The monoisotopic (exact) mass is 206 g/mol. The van der Waals surface area contributed by atoms with Crippen molar-refractivity contribution >= 4 is 12.1 Å². The van der Waals surface area contributed by atoms with E-state index in [1.165, 1.54) is 12.2 Å². The van der Waals surface area contributed by atoms with Gasteiger partial charge in [0.25, 0.3) is 0 Å². The summed E-state index contributed by atoms with van der Waals surface area (Å²) >= 11 is 0. The summed E-state index contributed by atoms with van der Waals surface area (Å²) in [5, 5.41) is 0. The molecule has 0 saturated heterocycles. The molecule has 0 bridgehead atoms. The summed E-state index contributed by atoms with van der Waals surface area (Å²) in [4.78, 5) is 22.1. The highest BCUT2D eigenvalue weighted by Gasteiger charge is 2.36. The fourth-order valence-corrected chi connectivity index (χ4v) is 2.39. The smallest absolute Gasteiger partial charge is 0.163 e. The highest BCUT2D eigenvalue weighted by molar-refractivity contribution is 5.96. The van der Waals surface area contributed by atoms with Crippen LogP contribution in [0.15, 0.2) is 23.8 Å². The van der Waals surface area contributed by atoms with Gasteiger partial charge in [-0.2, -0.15) is 0 Å². The zero-order valence-electron chi connectivity index (χ0n) is 9.62. The molecular formula is C13H18O2. The molecule has 2 heteroatoms. The molecule has 2 nitrogen and oxygen atoms in total. The average Bonchev–Trinajstić information content (AvgIpc) is 2.13. The van der Waals surface area contributed by atoms with Crippen LogP contribution in [-0.4, -0.2) is 12.1 Å². The Morgan fingerprint density at radius 2 is 2.20 bits per heavy atom. The number of ketones is 1. The number of aldehydes is 1. The topological polar surface area (TPSA) is 34.1 Å². The molecule has 0 heterocycles. The first-order chi connectivity index (χ1) is 6.99. The quantitative estimate of drug-likeness (QED) is 0.404. The zero-order valence-corrected chi connectivity index (χ0v) is 9.62. The minimum Gasteiger partial charge on any atom is -0.299 e. The van der Waals surface area contributed by atoms with Crippen molar-refractivity contribution in [3.8, 4) is 0 Å². The summed E-state index contributed by atoms with van der Waals surface area (Å²) in [5.74, 6) is -0.0250. The predicted octanol–water partition coefficient (Wildman–Crippen LogP) is 2.69. The molecule has 0 aliphatic heterocycles. The van der Waals surface area contributed by atoms with Crippen molar-refractivity contribution in [2.45, 2.75) is 33.6 Å². The van der Waals surface area contributed by atoms with E-state index >= 15 is 0 Å². The normalized spacial score (nSPS) is 25.0. The van der Waals surface area contributed by atoms with Crippen LogP contribution in [0, 0.1) is 11.3 Å². The molecule has 0 aromatic heterocycles. The molecule has 0 fully saturated rings. The number of hydrogen-bond donors (Lipinski definition) is 0. The van der Waals surface area contributed by atoms with Crippen molar-refractivity contribution in [1.29, 1.82) is 0 Å². The Labute approximate surface area is 91.1 Å². The van der Waals surface area contributed by atoms with Crippen LogP contribution in [0.25, 0.3) is 0 Å². The summed E-state index contributed by atoms with van der Waals surface area (Å²) in [6.45, 7) is 6.22. The van der Waals surface area contributed by atoms with E-state index in [0.717, 1.165) is 18.4 Å². The molecule has 0 saturated carbocycles. The van der Waals surface area contributed by atoms with Gasteiger partial charge in [-0.1, -0.05) is 25.5 Å². The summed E-state index contributed by atoms with van der Waals surface area (Å²) in [5.41, 5.74) is 1.13. The number of carbonyl (C=O) groups is 2. The average molecular weight is 206 g/mol. The van der Waals surface area contributed by atoms with Gasteiger partial charge in [-0.3, -0.25) is 9.59 Å². The summed E-state index contributed by atoms with van der Waals surface area (Å²) < 4.78 is 0. The maximum absolute atomic E-state index is 11.9. The van der Waals surface area contributed by atoms with Crippen LogP contribution in [-0.2, 0) is 9.59 Å². The first kappa shape index (κ1) is 11.9. The Morgan fingerprint density at radius 1 is 1.53 bits per heavy atom. The van der Waals surface area contributed by atoms with E-state index in [4.69, 9.17) is 0 Å². The summed E-state index contributed by atoms with van der Waals surface area (Å²) in [6.07, 6.45) is 7.51. The van der Waals surface area contributed by atoms with Gasteiger partial charge in [0, 0.05) is 5.92 Å². The molecule has 82 valence electrons. The van der Waals surface area contributed by atoms with Gasteiger partial charge in [0.1, 0.15) is 6.29 Å². The Hall–Kier alpha value is -1.18. The molecule has 1 atom stereocenters. The minimum atomic E-state index is -0.0672. The van der Waals surface area contributed by atoms with E-state index in [-0.39, 0.29) is 17.1 Å². The van der Waals surface area contributed by atoms with Crippen LogP contribution in [0.3, 0.4) is 0 Å². The molecule has 15 heavy (non-hydrogen) atoms. The van der Waals surface area contributed by atoms with E-state index in [9.17, 15) is 9.59 Å². The second-order valence-corrected chi connectivity index (χ2v) is 4.81. The third-order valence-electron chi connectivity index (χ3n) is 3.12. The number of allylic oxidation sites excluding steroid dienone is 4. The third kappa shape index (κ3) is 2.65. The van der Waals surface area contributed by atoms with Crippen molar-refractivity contribution in [1.82, 2.24) is 0 Å². The molecular weight excluding hydrogens is 188 g/mol. The van der Waals surface area contributed by atoms with Gasteiger partial charge in [0.2, 0.25) is 0 Å². The lowest BCUT2D eigenvalue weighted by molar-refractivity contribution is -0.120. The van der Waals surface area contributed by atoms with E-state index < -0.39 is 0 Å². The molecule has 0 amide bonds. The summed E-state index contributed by atoms with van der Waals surface area (Å²) in [7, 11) is 0. The fraction of sp³-hybridized carbons (Fsp3) is 0.538. The van der Waals surface area contributed by atoms with Gasteiger partial charge in [-0.15, -0.1) is 0 Å². The van der Waals surface area contributed by atoms with Crippen molar-refractivity contribution in [2.24, 2.45) is 11.3 Å². The highest BCUT2D eigenvalue weighted by atomic mass is 16.1. The van der Waals surface area contributed by atoms with Gasteiger partial charge >= 0.3 is 0 Å². The lowest BCUT2D eigenvalue weighted by atomic mass is 9.67. The largest absolute Gasteiger partial charge is 0.299 e. The van der Waals surface area contributed by atoms with Gasteiger partial charge < -0.3 is 0 Å². The third-order valence-corrected chi connectivity index (χ3v) is 3.12. The molecule has 1 rings (SSSR count). The molecule has 1 aliphatic rings. The van der Waals surface area contributed by atoms with Crippen molar-refractivity contribution in [3.05, 3.63) is 23.8 Å². The Bertz CT molecular complexity index is 321. The van der Waals surface area contributed by atoms with E-state index in [1.54, 1.807) is 0 Å². The van der Waals surface area contributed by atoms with Crippen molar-refractivity contribution in [2.75, 3.05) is 0 Å². The van der Waals surface area contributed by atoms with Crippen LogP contribution >= 0.6 is 0 Å². The van der Waals surface area contributed by atoms with Crippen molar-refractivity contribution < 1.29 is 9.59 Å². The number of hydrogen-bond acceptors (Lipinski definition) is 2. The van der Waals surface area contributed by atoms with Gasteiger partial charge in [-0.05, 0) is 37.3 Å². The van der Waals surface area contributed by atoms with Gasteiger partial charge in [0.15, 0.2) is 5.78 Å². The Morgan fingerprint density at radius 3 is 2.73 bits per heavy atom. The van der Waals surface area contributed by atoms with E-state index in [1.807, 2.05) is 6.92 Å². The SMILES string of the molecule is CC1=CCCC(C)(C)C1C(=O)C=CC=O. The van der Waals surface area contributed by atoms with Crippen LogP contribution in [0.1, 0.15) is 33.6 Å². The Kier molecular flexibility index (Phi) is 3.61. The predicted molar refractivity (Wildman–Crippen MR) is 60.5 cm³/mol. The second-order valence-electron chi connectivity index (χ2n) is 4.81. The van der Waals surface area contributed by atoms with Gasteiger partial charge in [-0.25, -0.2) is 0 Å². The first-order valence-electron chi connectivity index (χ1n) is 5.31.